The first kappa shape index (κ1) is 13.6. The van der Waals surface area contributed by atoms with Gasteiger partial charge in [0.1, 0.15) is 0 Å². The van der Waals surface area contributed by atoms with Gasteiger partial charge >= 0.3 is 7.82 Å². The van der Waals surface area contributed by atoms with Gasteiger partial charge in [-0.3, -0.25) is 13.6 Å². The van der Waals surface area contributed by atoms with Crippen LogP contribution in [0, 0.1) is 0 Å². The van der Waals surface area contributed by atoms with E-state index in [1.807, 2.05) is 0 Å². The van der Waals surface area contributed by atoms with Crippen LogP contribution in [-0.2, 0) is 18.1 Å². The van der Waals surface area contributed by atoms with Crippen LogP contribution >= 0.6 is 7.82 Å². The first-order chi connectivity index (χ1) is 4.54. The van der Waals surface area contributed by atoms with Crippen LogP contribution in [0.1, 0.15) is 6.92 Å². The lowest BCUT2D eigenvalue weighted by Crippen LogP contribution is -2.05. The number of phosphoric ester groups is 1. The van der Waals surface area contributed by atoms with Crippen LogP contribution in [0.5, 0.6) is 0 Å². The van der Waals surface area contributed by atoms with Crippen molar-refractivity contribution in [3.05, 3.63) is 0 Å². The van der Waals surface area contributed by atoms with Gasteiger partial charge in [-0.2, -0.15) is 0 Å². The van der Waals surface area contributed by atoms with Gasteiger partial charge in [0.05, 0.1) is 0 Å². The summed E-state index contributed by atoms with van der Waals surface area (Å²) in [5.41, 5.74) is 0. The van der Waals surface area contributed by atoms with Crippen LogP contribution in [0.15, 0.2) is 0 Å². The maximum atomic E-state index is 10.9. The smallest absolute Gasteiger partial charge is 0.368 e. The maximum Gasteiger partial charge on any atom is 0.476 e. The quantitative estimate of drug-likeness (QED) is 0.501. The fourth-order valence-corrected chi connectivity index (χ4v) is 1.04. The van der Waals surface area contributed by atoms with E-state index in [2.05, 4.69) is 13.6 Å². The van der Waals surface area contributed by atoms with Gasteiger partial charge in [-0.1, -0.05) is 0 Å². The second-order valence-electron chi connectivity index (χ2n) is 1.52. The summed E-state index contributed by atoms with van der Waals surface area (Å²) >= 11 is 0. The summed E-state index contributed by atoms with van der Waals surface area (Å²) in [6.45, 7) is 1.31. The molecule has 0 amide bonds. The summed E-state index contributed by atoms with van der Waals surface area (Å²) in [5.74, 6) is 0. The Balaban J connectivity index is 0. The minimum atomic E-state index is -3.49. The summed E-state index contributed by atoms with van der Waals surface area (Å²) in [7, 11) is -1.14. The molecule has 7 heteroatoms. The first-order valence-corrected chi connectivity index (χ1v) is 4.08. The molecule has 0 aromatic carbocycles. The van der Waals surface area contributed by atoms with E-state index < -0.39 is 14.1 Å². The summed E-state index contributed by atoms with van der Waals surface area (Å²) in [5, 5.41) is 8.60. The summed E-state index contributed by atoms with van der Waals surface area (Å²) in [6.07, 6.45) is -1.16. The van der Waals surface area contributed by atoms with Crippen LogP contribution in [0.4, 0.5) is 0 Å². The van der Waals surface area contributed by atoms with E-state index in [0.717, 1.165) is 0 Å². The van der Waals surface area contributed by atoms with Gasteiger partial charge in [0, 0.05) is 14.2 Å². The summed E-state index contributed by atoms with van der Waals surface area (Å²) < 4.78 is 24.0. The van der Waals surface area contributed by atoms with Crippen molar-refractivity contribution in [3.8, 4) is 0 Å². The third kappa shape index (κ3) is 5.32. The molecule has 0 bridgehead atoms. The molecule has 0 aromatic rings. The van der Waals surface area contributed by atoms with E-state index in [-0.39, 0.29) is 6.15 Å². The molecule has 0 radical (unpaired) electrons. The summed E-state index contributed by atoms with van der Waals surface area (Å²) in [4.78, 5) is 0. The van der Waals surface area contributed by atoms with Crippen LogP contribution < -0.4 is 6.15 Å². The molecule has 0 aromatic heterocycles. The lowest BCUT2D eigenvalue weighted by atomic mass is 10.8. The molecule has 4 N–H and O–H groups in total. The zero-order valence-corrected chi connectivity index (χ0v) is 7.71. The zero-order valence-electron chi connectivity index (χ0n) is 6.81. The standard InChI is InChI=1S/C4H11O5P.H3N/c1-4(5)9-10(6,7-2)8-3;/h4-5H,1-3H3;1H3. The third-order valence-corrected chi connectivity index (χ3v) is 2.19. The average Bonchev–Trinajstić information content (AvgIpc) is 1.87. The number of aliphatic hydroxyl groups excluding tert-OH is 1. The highest BCUT2D eigenvalue weighted by atomic mass is 31.2. The van der Waals surface area contributed by atoms with Gasteiger partial charge in [-0.05, 0) is 6.92 Å². The van der Waals surface area contributed by atoms with E-state index in [1.54, 1.807) is 0 Å². The number of phosphoric acid groups is 1. The van der Waals surface area contributed by atoms with Crippen molar-refractivity contribution in [2.24, 2.45) is 0 Å². The average molecular weight is 187 g/mol. The van der Waals surface area contributed by atoms with Crippen molar-refractivity contribution >= 4 is 7.82 Å². The Morgan fingerprint density at radius 1 is 1.36 bits per heavy atom. The molecule has 0 saturated carbocycles. The van der Waals surface area contributed by atoms with Gasteiger partial charge < -0.3 is 11.3 Å². The van der Waals surface area contributed by atoms with Crippen molar-refractivity contribution in [1.29, 1.82) is 0 Å². The Morgan fingerprint density at radius 3 is 1.82 bits per heavy atom. The SMILES string of the molecule is COP(=O)(OC)OC(C)O.N. The highest BCUT2D eigenvalue weighted by Crippen LogP contribution is 2.48. The Bertz CT molecular complexity index is 130. The van der Waals surface area contributed by atoms with Gasteiger partial charge in [0.15, 0.2) is 6.29 Å². The maximum absolute atomic E-state index is 10.9. The molecule has 0 saturated heterocycles. The van der Waals surface area contributed by atoms with Crippen molar-refractivity contribution < 1.29 is 23.2 Å². The monoisotopic (exact) mass is 187 g/mol. The highest BCUT2D eigenvalue weighted by molar-refractivity contribution is 7.48. The fourth-order valence-electron chi connectivity index (χ4n) is 0.347. The molecule has 6 nitrogen and oxygen atoms in total. The van der Waals surface area contributed by atoms with Crippen LogP contribution in [0.2, 0.25) is 0 Å². The highest BCUT2D eigenvalue weighted by Gasteiger charge is 2.24. The molecule has 0 rings (SSSR count). The molecule has 11 heavy (non-hydrogen) atoms. The zero-order chi connectivity index (χ0) is 8.20. The largest absolute Gasteiger partial charge is 0.476 e. The van der Waals surface area contributed by atoms with Crippen LogP contribution in [0.25, 0.3) is 0 Å². The van der Waals surface area contributed by atoms with Crippen molar-refractivity contribution in [2.45, 2.75) is 13.2 Å². The fraction of sp³-hybridized carbons (Fsp3) is 1.00. The van der Waals surface area contributed by atoms with E-state index in [1.165, 1.54) is 21.1 Å². The lowest BCUT2D eigenvalue weighted by molar-refractivity contribution is -0.0280. The Hall–Kier alpha value is 0.0300. The molecule has 1 unspecified atom stereocenters. The molecule has 0 aliphatic heterocycles. The second-order valence-corrected chi connectivity index (χ2v) is 3.35. The van der Waals surface area contributed by atoms with E-state index in [9.17, 15) is 4.57 Å². The number of hydrogen-bond acceptors (Lipinski definition) is 6. The number of aliphatic hydroxyl groups is 1. The van der Waals surface area contributed by atoms with Gasteiger partial charge in [0.2, 0.25) is 0 Å². The molecule has 0 aliphatic rings. The predicted octanol–water partition coefficient (Wildman–Crippen LogP) is 0.904. The van der Waals surface area contributed by atoms with Crippen molar-refractivity contribution in [1.82, 2.24) is 6.15 Å². The summed E-state index contributed by atoms with van der Waals surface area (Å²) in [6, 6.07) is 0. The molecule has 70 valence electrons. The van der Waals surface area contributed by atoms with E-state index in [0.29, 0.717) is 0 Å². The molecular formula is C4H14NO5P. The van der Waals surface area contributed by atoms with Crippen molar-refractivity contribution in [3.63, 3.8) is 0 Å². The second kappa shape index (κ2) is 5.65. The lowest BCUT2D eigenvalue weighted by Gasteiger charge is -2.14. The Labute approximate surface area is 65.7 Å². The van der Waals surface area contributed by atoms with Gasteiger partial charge in [-0.15, -0.1) is 0 Å². The Morgan fingerprint density at radius 2 is 1.73 bits per heavy atom. The Kier molecular flexibility index (Phi) is 6.99. The minimum absolute atomic E-state index is 0. The predicted molar refractivity (Wildman–Crippen MR) is 39.4 cm³/mol. The minimum Gasteiger partial charge on any atom is -0.368 e. The van der Waals surface area contributed by atoms with Crippen LogP contribution in [-0.4, -0.2) is 25.6 Å². The molecular weight excluding hydrogens is 173 g/mol. The number of rotatable bonds is 4. The normalized spacial score (nSPS) is 13.8. The third-order valence-electron chi connectivity index (χ3n) is 0.729. The van der Waals surface area contributed by atoms with Crippen LogP contribution in [0.3, 0.4) is 0 Å². The molecule has 1 atom stereocenters. The first-order valence-electron chi connectivity index (χ1n) is 2.62. The molecule has 0 spiro atoms. The topological polar surface area (TPSA) is 100.0 Å². The van der Waals surface area contributed by atoms with Gasteiger partial charge in [0.25, 0.3) is 0 Å². The van der Waals surface area contributed by atoms with E-state index >= 15 is 0 Å². The number of hydrogen-bond donors (Lipinski definition) is 2. The molecule has 0 heterocycles. The van der Waals surface area contributed by atoms with E-state index in [4.69, 9.17) is 5.11 Å². The van der Waals surface area contributed by atoms with Crippen molar-refractivity contribution in [2.75, 3.05) is 14.2 Å². The molecule has 0 aliphatic carbocycles. The molecule has 0 fully saturated rings. The van der Waals surface area contributed by atoms with Gasteiger partial charge in [-0.25, -0.2) is 4.57 Å².